The Morgan fingerprint density at radius 2 is 1.43 bits per heavy atom. The Balaban J connectivity index is 1.48. The van der Waals surface area contributed by atoms with Gasteiger partial charge in [0.15, 0.2) is 11.6 Å². The van der Waals surface area contributed by atoms with Crippen molar-refractivity contribution in [3.63, 3.8) is 0 Å². The Kier molecular flexibility index (Phi) is 5.71. The molecule has 0 saturated heterocycles. The van der Waals surface area contributed by atoms with Gasteiger partial charge in [-0.25, -0.2) is 8.78 Å². The van der Waals surface area contributed by atoms with E-state index < -0.39 is 11.6 Å². The molecule has 0 bridgehead atoms. The van der Waals surface area contributed by atoms with Gasteiger partial charge in [0.1, 0.15) is 0 Å². The van der Waals surface area contributed by atoms with E-state index in [2.05, 4.69) is 0 Å². The van der Waals surface area contributed by atoms with E-state index >= 15 is 0 Å². The fourth-order valence-corrected chi connectivity index (χ4v) is 4.72. The van der Waals surface area contributed by atoms with Gasteiger partial charge in [0.2, 0.25) is 0 Å². The fourth-order valence-electron chi connectivity index (χ4n) is 4.72. The van der Waals surface area contributed by atoms with Crippen molar-refractivity contribution >= 4 is 0 Å². The van der Waals surface area contributed by atoms with E-state index in [0.717, 1.165) is 30.2 Å². The van der Waals surface area contributed by atoms with Gasteiger partial charge in [-0.05, 0) is 67.6 Å². The van der Waals surface area contributed by atoms with E-state index in [1.165, 1.54) is 63.9 Å². The highest BCUT2D eigenvalue weighted by Crippen LogP contribution is 2.39. The van der Waals surface area contributed by atoms with Crippen molar-refractivity contribution in [2.75, 3.05) is 0 Å². The van der Waals surface area contributed by atoms with E-state index in [1.807, 2.05) is 6.07 Å². The Morgan fingerprint density at radius 3 is 2.04 bits per heavy atom. The lowest BCUT2D eigenvalue weighted by Crippen LogP contribution is -2.16. The van der Waals surface area contributed by atoms with Gasteiger partial charge >= 0.3 is 0 Å². The second kappa shape index (κ2) is 7.77. The fraction of sp³-hybridized carbons (Fsp3) is 0.714. The van der Waals surface area contributed by atoms with Gasteiger partial charge in [-0.2, -0.15) is 0 Å². The molecule has 0 spiro atoms. The second-order valence-corrected chi connectivity index (χ2v) is 7.93. The van der Waals surface area contributed by atoms with Crippen LogP contribution in [0, 0.1) is 30.4 Å². The van der Waals surface area contributed by atoms with Crippen LogP contribution in [0.1, 0.15) is 87.7 Å². The molecular weight excluding hydrogens is 290 g/mol. The normalized spacial score (nSPS) is 26.4. The highest BCUT2D eigenvalue weighted by atomic mass is 19.2. The summed E-state index contributed by atoms with van der Waals surface area (Å²) in [6.45, 7) is 1.66. The summed E-state index contributed by atoms with van der Waals surface area (Å²) >= 11 is 0. The molecule has 3 rings (SSSR count). The minimum absolute atomic E-state index is 0.426. The number of hydrogen-bond acceptors (Lipinski definition) is 0. The van der Waals surface area contributed by atoms with Gasteiger partial charge < -0.3 is 0 Å². The topological polar surface area (TPSA) is 0 Å². The zero-order valence-electron chi connectivity index (χ0n) is 14.4. The standard InChI is InChI=1S/C21H30F2/c1-15-13-19(14-20(22)21(15)23)18-11-9-17(10-12-18)8-7-16-5-3-2-4-6-16/h13-14,16-18H,2-12H2,1H3. The summed E-state index contributed by atoms with van der Waals surface area (Å²) in [5.74, 6) is 0.902. The van der Waals surface area contributed by atoms with Crippen molar-refractivity contribution in [1.29, 1.82) is 0 Å². The van der Waals surface area contributed by atoms with Crippen LogP contribution in [0.4, 0.5) is 8.78 Å². The summed E-state index contributed by atoms with van der Waals surface area (Å²) in [5.41, 5.74) is 1.45. The van der Waals surface area contributed by atoms with E-state index in [0.29, 0.717) is 11.5 Å². The van der Waals surface area contributed by atoms with Crippen molar-refractivity contribution in [3.8, 4) is 0 Å². The van der Waals surface area contributed by atoms with Crippen LogP contribution in [0.5, 0.6) is 0 Å². The molecule has 0 amide bonds. The first-order valence-corrected chi connectivity index (χ1v) is 9.59. The van der Waals surface area contributed by atoms with Crippen molar-refractivity contribution in [2.24, 2.45) is 11.8 Å². The van der Waals surface area contributed by atoms with E-state index in [9.17, 15) is 8.78 Å². The van der Waals surface area contributed by atoms with E-state index in [4.69, 9.17) is 0 Å². The molecule has 0 heterocycles. The summed E-state index contributed by atoms with van der Waals surface area (Å²) in [4.78, 5) is 0. The summed E-state index contributed by atoms with van der Waals surface area (Å²) in [6.07, 6.45) is 14.8. The quantitative estimate of drug-likeness (QED) is 0.565. The Labute approximate surface area is 139 Å². The van der Waals surface area contributed by atoms with Crippen LogP contribution >= 0.6 is 0 Å². The third kappa shape index (κ3) is 4.33. The van der Waals surface area contributed by atoms with Crippen LogP contribution in [0.3, 0.4) is 0 Å². The summed E-state index contributed by atoms with van der Waals surface area (Å²) in [6, 6.07) is 3.28. The molecule has 2 aliphatic rings. The van der Waals surface area contributed by atoms with Crippen LogP contribution in [-0.4, -0.2) is 0 Å². The SMILES string of the molecule is Cc1cc(C2CCC(CCC3CCCCC3)CC2)cc(F)c1F. The highest BCUT2D eigenvalue weighted by molar-refractivity contribution is 5.28. The zero-order valence-corrected chi connectivity index (χ0v) is 14.4. The van der Waals surface area contributed by atoms with Crippen molar-refractivity contribution in [2.45, 2.75) is 83.5 Å². The van der Waals surface area contributed by atoms with Gasteiger partial charge in [-0.1, -0.05) is 51.0 Å². The molecule has 2 heteroatoms. The largest absolute Gasteiger partial charge is 0.204 e. The van der Waals surface area contributed by atoms with Gasteiger partial charge in [0.25, 0.3) is 0 Å². The van der Waals surface area contributed by atoms with Crippen LogP contribution in [0.25, 0.3) is 0 Å². The zero-order chi connectivity index (χ0) is 16.2. The molecule has 23 heavy (non-hydrogen) atoms. The maximum Gasteiger partial charge on any atom is 0.161 e. The van der Waals surface area contributed by atoms with Gasteiger partial charge in [-0.3, -0.25) is 0 Å². The summed E-state index contributed by atoms with van der Waals surface area (Å²) in [7, 11) is 0. The molecule has 128 valence electrons. The van der Waals surface area contributed by atoms with Gasteiger partial charge in [0.05, 0.1) is 0 Å². The monoisotopic (exact) mass is 320 g/mol. The number of rotatable bonds is 4. The molecule has 0 aliphatic heterocycles. The molecule has 1 aromatic carbocycles. The minimum atomic E-state index is -0.685. The third-order valence-corrected chi connectivity index (χ3v) is 6.26. The number of halogens is 2. The molecule has 0 atom stereocenters. The smallest absolute Gasteiger partial charge is 0.161 e. The first-order valence-electron chi connectivity index (χ1n) is 9.59. The van der Waals surface area contributed by atoms with Crippen molar-refractivity contribution < 1.29 is 8.78 Å². The molecule has 2 saturated carbocycles. The molecule has 1 aromatic rings. The van der Waals surface area contributed by atoms with Gasteiger partial charge in [-0.15, -0.1) is 0 Å². The Bertz CT molecular complexity index is 486. The number of aryl methyl sites for hydroxylation is 1. The molecule has 0 nitrogen and oxygen atoms in total. The lowest BCUT2D eigenvalue weighted by atomic mass is 9.75. The van der Waals surface area contributed by atoms with Gasteiger partial charge in [0, 0.05) is 0 Å². The van der Waals surface area contributed by atoms with Crippen LogP contribution in [0.15, 0.2) is 12.1 Å². The predicted octanol–water partition coefficient (Wildman–Crippen LogP) is 6.91. The molecule has 0 radical (unpaired) electrons. The molecule has 0 aromatic heterocycles. The lowest BCUT2D eigenvalue weighted by molar-refractivity contribution is 0.261. The number of benzene rings is 1. The maximum absolute atomic E-state index is 13.6. The maximum atomic E-state index is 13.6. The molecule has 2 aliphatic carbocycles. The number of hydrogen-bond donors (Lipinski definition) is 0. The van der Waals surface area contributed by atoms with E-state index in [-0.39, 0.29) is 0 Å². The molecular formula is C21H30F2. The average Bonchev–Trinajstić information content (AvgIpc) is 2.59. The predicted molar refractivity (Wildman–Crippen MR) is 91.6 cm³/mol. The molecule has 0 unspecified atom stereocenters. The molecule has 2 fully saturated rings. The Hall–Kier alpha value is -0.920. The first kappa shape index (κ1) is 16.9. The second-order valence-electron chi connectivity index (χ2n) is 7.93. The van der Waals surface area contributed by atoms with E-state index in [1.54, 1.807) is 6.92 Å². The van der Waals surface area contributed by atoms with Crippen molar-refractivity contribution in [1.82, 2.24) is 0 Å². The minimum Gasteiger partial charge on any atom is -0.204 e. The van der Waals surface area contributed by atoms with Crippen LogP contribution < -0.4 is 0 Å². The third-order valence-electron chi connectivity index (χ3n) is 6.26. The summed E-state index contributed by atoms with van der Waals surface area (Å²) in [5, 5.41) is 0. The molecule has 0 N–H and O–H groups in total. The Morgan fingerprint density at radius 1 is 0.826 bits per heavy atom. The van der Waals surface area contributed by atoms with Crippen LogP contribution in [-0.2, 0) is 0 Å². The first-order chi connectivity index (χ1) is 11.1. The van der Waals surface area contributed by atoms with Crippen LogP contribution in [0.2, 0.25) is 0 Å². The lowest BCUT2D eigenvalue weighted by Gasteiger charge is -2.30. The summed E-state index contributed by atoms with van der Waals surface area (Å²) < 4.78 is 27.1. The average molecular weight is 320 g/mol. The van der Waals surface area contributed by atoms with Crippen molar-refractivity contribution in [3.05, 3.63) is 34.9 Å². The highest BCUT2D eigenvalue weighted by Gasteiger charge is 2.24.